The predicted molar refractivity (Wildman–Crippen MR) is 66.0 cm³/mol. The van der Waals surface area contributed by atoms with Crippen LogP contribution in [0.15, 0.2) is 24.5 Å². The van der Waals surface area contributed by atoms with Crippen molar-refractivity contribution < 1.29 is 14.7 Å². The van der Waals surface area contributed by atoms with Crippen LogP contribution >= 0.6 is 11.3 Å². The Morgan fingerprint density at radius 3 is 2.78 bits per heavy atom. The maximum Gasteiger partial charge on any atom is 0.338 e. The number of aromatic carboxylic acids is 1. The van der Waals surface area contributed by atoms with Crippen molar-refractivity contribution in [1.82, 2.24) is 10.2 Å². The first-order chi connectivity index (χ1) is 8.58. The standard InChI is InChI=1S/C11H9N3O3S/c1-6-4-8(11(16)17)10(18-6)14-9(15)7-2-3-12-13-5-7/h2-5H,1H3,(H,14,15)(H,16,17). The summed E-state index contributed by atoms with van der Waals surface area (Å²) in [5.74, 6) is -1.48. The van der Waals surface area contributed by atoms with Crippen LogP contribution < -0.4 is 5.32 Å². The quantitative estimate of drug-likeness (QED) is 0.880. The van der Waals surface area contributed by atoms with E-state index in [9.17, 15) is 9.59 Å². The van der Waals surface area contributed by atoms with Gasteiger partial charge in [0.1, 0.15) is 5.00 Å². The van der Waals surface area contributed by atoms with Gasteiger partial charge < -0.3 is 10.4 Å². The second kappa shape index (κ2) is 4.92. The molecule has 0 aliphatic carbocycles. The van der Waals surface area contributed by atoms with Gasteiger partial charge in [0.25, 0.3) is 5.91 Å². The van der Waals surface area contributed by atoms with Gasteiger partial charge in [0.15, 0.2) is 0 Å². The summed E-state index contributed by atoms with van der Waals surface area (Å²) in [6, 6.07) is 3.02. The van der Waals surface area contributed by atoms with E-state index in [2.05, 4.69) is 15.5 Å². The van der Waals surface area contributed by atoms with Gasteiger partial charge in [0, 0.05) is 4.88 Å². The molecule has 0 fully saturated rings. The van der Waals surface area contributed by atoms with Crippen molar-refractivity contribution >= 4 is 28.2 Å². The lowest BCUT2D eigenvalue weighted by Crippen LogP contribution is -2.13. The van der Waals surface area contributed by atoms with E-state index in [0.29, 0.717) is 10.6 Å². The summed E-state index contributed by atoms with van der Waals surface area (Å²) >= 11 is 1.22. The average Bonchev–Trinajstić information content (AvgIpc) is 2.71. The molecule has 0 saturated carbocycles. The normalized spacial score (nSPS) is 10.1. The number of anilines is 1. The summed E-state index contributed by atoms with van der Waals surface area (Å²) in [6.07, 6.45) is 2.71. The number of aromatic nitrogens is 2. The first-order valence-electron chi connectivity index (χ1n) is 4.99. The largest absolute Gasteiger partial charge is 0.478 e. The van der Waals surface area contributed by atoms with Gasteiger partial charge in [0.2, 0.25) is 0 Å². The minimum atomic E-state index is -1.07. The molecule has 2 aromatic heterocycles. The molecule has 0 radical (unpaired) electrons. The molecule has 6 nitrogen and oxygen atoms in total. The first kappa shape index (κ1) is 12.2. The summed E-state index contributed by atoms with van der Waals surface area (Å²) < 4.78 is 0. The van der Waals surface area contributed by atoms with E-state index in [1.165, 1.54) is 35.9 Å². The summed E-state index contributed by atoms with van der Waals surface area (Å²) in [4.78, 5) is 23.6. The number of thiophene rings is 1. The van der Waals surface area contributed by atoms with Gasteiger partial charge >= 0.3 is 5.97 Å². The van der Waals surface area contributed by atoms with E-state index >= 15 is 0 Å². The summed E-state index contributed by atoms with van der Waals surface area (Å²) in [5.41, 5.74) is 0.417. The molecule has 0 unspecified atom stereocenters. The van der Waals surface area contributed by atoms with E-state index in [1.807, 2.05) is 0 Å². The molecule has 0 atom stereocenters. The zero-order valence-corrected chi connectivity index (χ0v) is 10.2. The Hall–Kier alpha value is -2.28. The Morgan fingerprint density at radius 2 is 2.17 bits per heavy atom. The Bertz CT molecular complexity index is 595. The molecule has 92 valence electrons. The molecule has 0 aliphatic rings. The molecule has 0 aliphatic heterocycles. The van der Waals surface area contributed by atoms with E-state index in [4.69, 9.17) is 5.11 Å². The molecule has 2 aromatic rings. The molecular weight excluding hydrogens is 254 g/mol. The number of carbonyl (C=O) groups excluding carboxylic acids is 1. The second-order valence-corrected chi connectivity index (χ2v) is 4.75. The molecule has 2 heterocycles. The lowest BCUT2D eigenvalue weighted by Gasteiger charge is -2.03. The molecule has 0 bridgehead atoms. The number of amides is 1. The highest BCUT2D eigenvalue weighted by Gasteiger charge is 2.16. The van der Waals surface area contributed by atoms with Crippen LogP contribution in [0.2, 0.25) is 0 Å². The van der Waals surface area contributed by atoms with Crippen molar-refractivity contribution in [3.63, 3.8) is 0 Å². The van der Waals surface area contributed by atoms with Crippen LogP contribution in [0.3, 0.4) is 0 Å². The first-order valence-corrected chi connectivity index (χ1v) is 5.81. The number of nitrogens with zero attached hydrogens (tertiary/aromatic N) is 2. The number of rotatable bonds is 3. The van der Waals surface area contributed by atoms with Crippen molar-refractivity contribution in [2.24, 2.45) is 0 Å². The smallest absolute Gasteiger partial charge is 0.338 e. The summed E-state index contributed by atoms with van der Waals surface area (Å²) in [5, 5.41) is 19.0. The van der Waals surface area contributed by atoms with Crippen LogP contribution in [0.25, 0.3) is 0 Å². The molecule has 1 amide bonds. The molecular formula is C11H9N3O3S. The van der Waals surface area contributed by atoms with Crippen molar-refractivity contribution in [3.8, 4) is 0 Å². The van der Waals surface area contributed by atoms with E-state index in [-0.39, 0.29) is 5.56 Å². The van der Waals surface area contributed by atoms with Gasteiger partial charge in [0.05, 0.1) is 23.5 Å². The van der Waals surface area contributed by atoms with Gasteiger partial charge in [-0.2, -0.15) is 10.2 Å². The third kappa shape index (κ3) is 2.51. The van der Waals surface area contributed by atoms with E-state index in [0.717, 1.165) is 4.88 Å². The van der Waals surface area contributed by atoms with Crippen LogP contribution in [0.4, 0.5) is 5.00 Å². The molecule has 2 rings (SSSR count). The van der Waals surface area contributed by atoms with Crippen LogP contribution in [0, 0.1) is 6.92 Å². The van der Waals surface area contributed by atoms with Crippen molar-refractivity contribution in [1.29, 1.82) is 0 Å². The lowest BCUT2D eigenvalue weighted by atomic mass is 10.2. The Morgan fingerprint density at radius 1 is 1.39 bits per heavy atom. The SMILES string of the molecule is Cc1cc(C(=O)O)c(NC(=O)c2ccnnc2)s1. The van der Waals surface area contributed by atoms with Gasteiger partial charge in [-0.25, -0.2) is 4.79 Å². The monoisotopic (exact) mass is 263 g/mol. The Labute approximate surface area is 106 Å². The lowest BCUT2D eigenvalue weighted by molar-refractivity contribution is 0.0698. The molecule has 7 heteroatoms. The highest BCUT2D eigenvalue weighted by Crippen LogP contribution is 2.27. The van der Waals surface area contributed by atoms with Crippen LogP contribution in [0.5, 0.6) is 0 Å². The third-order valence-corrected chi connectivity index (χ3v) is 3.13. The topological polar surface area (TPSA) is 92.2 Å². The van der Waals surface area contributed by atoms with Crippen LogP contribution in [0.1, 0.15) is 25.6 Å². The van der Waals surface area contributed by atoms with E-state index < -0.39 is 11.9 Å². The highest BCUT2D eigenvalue weighted by molar-refractivity contribution is 7.16. The van der Waals surface area contributed by atoms with Gasteiger partial charge in [-0.1, -0.05) is 0 Å². The second-order valence-electron chi connectivity index (χ2n) is 3.49. The number of carbonyl (C=O) groups is 2. The number of nitrogens with one attached hydrogen (secondary N) is 1. The highest BCUT2D eigenvalue weighted by atomic mass is 32.1. The number of carboxylic acids is 1. The summed E-state index contributed by atoms with van der Waals surface area (Å²) in [7, 11) is 0. The van der Waals surface area contributed by atoms with Crippen molar-refractivity contribution in [2.75, 3.05) is 5.32 Å². The fraction of sp³-hybridized carbons (Fsp3) is 0.0909. The predicted octanol–water partition coefficient (Wildman–Crippen LogP) is 1.80. The summed E-state index contributed by atoms with van der Waals surface area (Å²) in [6.45, 7) is 1.78. The molecule has 0 saturated heterocycles. The van der Waals surface area contributed by atoms with E-state index in [1.54, 1.807) is 6.92 Å². The van der Waals surface area contributed by atoms with Crippen LogP contribution in [-0.4, -0.2) is 27.2 Å². The average molecular weight is 263 g/mol. The Balaban J connectivity index is 2.25. The molecule has 0 aromatic carbocycles. The number of carboxylic acid groups (broad SMARTS) is 1. The van der Waals surface area contributed by atoms with Gasteiger partial charge in [-0.05, 0) is 19.1 Å². The van der Waals surface area contributed by atoms with Crippen LogP contribution in [-0.2, 0) is 0 Å². The maximum atomic E-state index is 11.8. The Kier molecular flexibility index (Phi) is 3.33. The minimum absolute atomic E-state index is 0.0906. The minimum Gasteiger partial charge on any atom is -0.478 e. The number of aryl methyl sites for hydroxylation is 1. The fourth-order valence-corrected chi connectivity index (χ4v) is 2.26. The third-order valence-electron chi connectivity index (χ3n) is 2.16. The zero-order chi connectivity index (χ0) is 13.1. The fourth-order valence-electron chi connectivity index (χ4n) is 1.37. The van der Waals surface area contributed by atoms with Crippen molar-refractivity contribution in [3.05, 3.63) is 40.5 Å². The number of hydrogen-bond acceptors (Lipinski definition) is 5. The maximum absolute atomic E-state index is 11.8. The van der Waals surface area contributed by atoms with Gasteiger partial charge in [-0.3, -0.25) is 4.79 Å². The van der Waals surface area contributed by atoms with Gasteiger partial charge in [-0.15, -0.1) is 11.3 Å². The van der Waals surface area contributed by atoms with Crippen molar-refractivity contribution in [2.45, 2.75) is 6.92 Å². The zero-order valence-electron chi connectivity index (χ0n) is 9.38. The molecule has 2 N–H and O–H groups in total. The molecule has 0 spiro atoms. The molecule has 18 heavy (non-hydrogen) atoms. The number of hydrogen-bond donors (Lipinski definition) is 2.